The van der Waals surface area contributed by atoms with Gasteiger partial charge in [0.1, 0.15) is 0 Å². The van der Waals surface area contributed by atoms with Crippen molar-refractivity contribution >= 4 is 15.9 Å². The van der Waals surface area contributed by atoms with Gasteiger partial charge in [-0.25, -0.2) is 8.42 Å². The van der Waals surface area contributed by atoms with Crippen LogP contribution in [-0.4, -0.2) is 86.5 Å². The topological polar surface area (TPSA) is 70.2 Å². The van der Waals surface area contributed by atoms with Gasteiger partial charge in [-0.1, -0.05) is 12.5 Å². The summed E-state index contributed by atoms with van der Waals surface area (Å²) in [7, 11) is -3.57. The van der Waals surface area contributed by atoms with Crippen molar-refractivity contribution in [1.29, 1.82) is 0 Å². The van der Waals surface area contributed by atoms with Crippen LogP contribution in [-0.2, 0) is 14.8 Å². The van der Waals surface area contributed by atoms with E-state index in [-0.39, 0.29) is 23.0 Å². The molecule has 0 N–H and O–H groups in total. The van der Waals surface area contributed by atoms with Gasteiger partial charge in [-0.15, -0.1) is 0 Å². The maximum absolute atomic E-state index is 13.2. The van der Waals surface area contributed by atoms with Crippen LogP contribution in [0, 0.1) is 12.8 Å². The van der Waals surface area contributed by atoms with E-state index in [9.17, 15) is 13.2 Å². The van der Waals surface area contributed by atoms with Crippen molar-refractivity contribution in [2.75, 3.05) is 45.8 Å². The molecule has 4 rings (SSSR count). The van der Waals surface area contributed by atoms with Gasteiger partial charge in [0.2, 0.25) is 10.0 Å². The fourth-order valence-corrected chi connectivity index (χ4v) is 7.32. The molecule has 3 aliphatic heterocycles. The van der Waals surface area contributed by atoms with Crippen LogP contribution in [0.5, 0.6) is 0 Å². The van der Waals surface area contributed by atoms with Crippen molar-refractivity contribution in [3.63, 3.8) is 0 Å². The average Bonchev–Trinajstić information content (AvgIpc) is 2.79. The van der Waals surface area contributed by atoms with Gasteiger partial charge in [-0.3, -0.25) is 9.69 Å². The number of nitrogens with zero attached hydrogens (tertiary/aromatic N) is 3. The Labute approximate surface area is 199 Å². The number of sulfonamides is 1. The lowest BCUT2D eigenvalue weighted by Crippen LogP contribution is -2.48. The van der Waals surface area contributed by atoms with Gasteiger partial charge >= 0.3 is 0 Å². The van der Waals surface area contributed by atoms with Crippen LogP contribution in [0.25, 0.3) is 0 Å². The van der Waals surface area contributed by atoms with Gasteiger partial charge in [0, 0.05) is 51.4 Å². The number of morpholine rings is 1. The number of hydrogen-bond donors (Lipinski definition) is 0. The van der Waals surface area contributed by atoms with E-state index in [0.717, 1.165) is 64.8 Å². The molecule has 0 radical (unpaired) electrons. The van der Waals surface area contributed by atoms with Crippen molar-refractivity contribution in [3.05, 3.63) is 29.3 Å². The Hall–Kier alpha value is -1.48. The first-order chi connectivity index (χ1) is 15.7. The average molecular weight is 478 g/mol. The van der Waals surface area contributed by atoms with Crippen LogP contribution in [0.4, 0.5) is 0 Å². The standard InChI is InChI=1S/C25H39N3O4S/c1-19-7-8-23(15-24(19)33(30,31)28-11-5-4-6-12-28)25(29)27-13-9-22(10-14-27)18-26-16-20(2)32-21(3)17-26/h7-8,15,20-22H,4-6,9-14,16-18H2,1-3H3. The predicted molar refractivity (Wildman–Crippen MR) is 129 cm³/mol. The summed E-state index contributed by atoms with van der Waals surface area (Å²) in [5.74, 6) is 0.525. The molecule has 7 nitrogen and oxygen atoms in total. The first-order valence-electron chi connectivity index (χ1n) is 12.5. The number of likely N-dealkylation sites (tertiary alicyclic amines) is 1. The number of rotatable bonds is 5. The lowest BCUT2D eigenvalue weighted by molar-refractivity contribution is -0.0728. The molecule has 1 aromatic rings. The summed E-state index contributed by atoms with van der Waals surface area (Å²) in [5, 5.41) is 0. The number of benzene rings is 1. The predicted octanol–water partition coefficient (Wildman–Crippen LogP) is 3.13. The molecule has 3 saturated heterocycles. The van der Waals surface area contributed by atoms with Gasteiger partial charge in [-0.05, 0) is 70.1 Å². The van der Waals surface area contributed by atoms with Crippen molar-refractivity contribution in [2.45, 2.75) is 70.0 Å². The smallest absolute Gasteiger partial charge is 0.253 e. The molecule has 1 amide bonds. The minimum atomic E-state index is -3.57. The Morgan fingerprint density at radius 1 is 1.00 bits per heavy atom. The molecule has 3 heterocycles. The molecular weight excluding hydrogens is 438 g/mol. The van der Waals surface area contributed by atoms with Crippen LogP contribution >= 0.6 is 0 Å². The SMILES string of the molecule is Cc1ccc(C(=O)N2CCC(CN3CC(C)OC(C)C3)CC2)cc1S(=O)(=O)N1CCCCC1. The van der Waals surface area contributed by atoms with E-state index >= 15 is 0 Å². The van der Waals surface area contributed by atoms with Crippen molar-refractivity contribution in [2.24, 2.45) is 5.92 Å². The number of carbonyl (C=O) groups excluding carboxylic acids is 1. The Bertz CT molecular complexity index is 927. The second kappa shape index (κ2) is 10.4. The largest absolute Gasteiger partial charge is 0.373 e. The molecule has 0 spiro atoms. The zero-order chi connectivity index (χ0) is 23.6. The Morgan fingerprint density at radius 2 is 1.64 bits per heavy atom. The van der Waals surface area contributed by atoms with Gasteiger partial charge in [0.25, 0.3) is 5.91 Å². The van der Waals surface area contributed by atoms with Crippen LogP contribution in [0.1, 0.15) is 61.9 Å². The summed E-state index contributed by atoms with van der Waals surface area (Å²) >= 11 is 0. The number of amides is 1. The van der Waals surface area contributed by atoms with E-state index < -0.39 is 10.0 Å². The zero-order valence-corrected chi connectivity index (χ0v) is 21.1. The lowest BCUT2D eigenvalue weighted by atomic mass is 9.95. The molecule has 33 heavy (non-hydrogen) atoms. The Morgan fingerprint density at radius 3 is 2.27 bits per heavy atom. The second-order valence-electron chi connectivity index (χ2n) is 10.2. The summed E-state index contributed by atoms with van der Waals surface area (Å²) in [5.41, 5.74) is 1.18. The highest BCUT2D eigenvalue weighted by Gasteiger charge is 2.31. The molecule has 184 valence electrons. The van der Waals surface area contributed by atoms with E-state index in [1.54, 1.807) is 22.5 Å². The highest BCUT2D eigenvalue weighted by Crippen LogP contribution is 2.26. The number of hydrogen-bond acceptors (Lipinski definition) is 5. The van der Waals surface area contributed by atoms with Gasteiger partial charge in [0.15, 0.2) is 0 Å². The van der Waals surface area contributed by atoms with Gasteiger partial charge < -0.3 is 9.64 Å². The second-order valence-corrected chi connectivity index (χ2v) is 12.1. The molecule has 0 aliphatic carbocycles. The molecule has 0 saturated carbocycles. The van der Waals surface area contributed by atoms with E-state index in [4.69, 9.17) is 4.74 Å². The lowest BCUT2D eigenvalue weighted by Gasteiger charge is -2.39. The van der Waals surface area contributed by atoms with E-state index in [1.807, 2.05) is 11.8 Å². The molecule has 0 bridgehead atoms. The normalized spacial score (nSPS) is 26.5. The maximum Gasteiger partial charge on any atom is 0.253 e. The third kappa shape index (κ3) is 5.78. The summed E-state index contributed by atoms with van der Waals surface area (Å²) in [6.07, 6.45) is 5.37. The molecule has 2 atom stereocenters. The Kier molecular flexibility index (Phi) is 7.78. The summed E-state index contributed by atoms with van der Waals surface area (Å²) < 4.78 is 33.9. The molecule has 0 aromatic heterocycles. The maximum atomic E-state index is 13.2. The van der Waals surface area contributed by atoms with Crippen molar-refractivity contribution < 1.29 is 17.9 Å². The fourth-order valence-electron chi connectivity index (χ4n) is 5.56. The fraction of sp³-hybridized carbons (Fsp3) is 0.720. The van der Waals surface area contributed by atoms with Crippen molar-refractivity contribution in [1.82, 2.24) is 14.1 Å². The summed E-state index contributed by atoms with van der Waals surface area (Å²) in [4.78, 5) is 17.9. The number of aryl methyl sites for hydroxylation is 1. The number of ether oxygens (including phenoxy) is 1. The van der Waals surface area contributed by atoms with E-state index in [0.29, 0.717) is 30.1 Å². The highest BCUT2D eigenvalue weighted by atomic mass is 32.2. The molecular formula is C25H39N3O4S. The summed E-state index contributed by atoms with van der Waals surface area (Å²) in [6.45, 7) is 11.6. The molecule has 3 aliphatic rings. The number of carbonyl (C=O) groups is 1. The van der Waals surface area contributed by atoms with E-state index in [2.05, 4.69) is 18.7 Å². The molecule has 8 heteroatoms. The van der Waals surface area contributed by atoms with Crippen molar-refractivity contribution in [3.8, 4) is 0 Å². The molecule has 2 unspecified atom stereocenters. The van der Waals surface area contributed by atoms with Crippen LogP contribution in [0.2, 0.25) is 0 Å². The minimum absolute atomic E-state index is 0.0582. The molecule has 1 aromatic carbocycles. The van der Waals surface area contributed by atoms with Crippen LogP contribution in [0.3, 0.4) is 0 Å². The Balaban J connectivity index is 1.38. The third-order valence-corrected chi connectivity index (χ3v) is 9.32. The van der Waals surface area contributed by atoms with Gasteiger partial charge in [-0.2, -0.15) is 4.31 Å². The third-order valence-electron chi connectivity index (χ3n) is 7.28. The first kappa shape index (κ1) is 24.6. The molecule has 3 fully saturated rings. The van der Waals surface area contributed by atoms with Gasteiger partial charge in [0.05, 0.1) is 17.1 Å². The van der Waals surface area contributed by atoms with E-state index in [1.165, 1.54) is 0 Å². The number of piperidine rings is 2. The summed E-state index contributed by atoms with van der Waals surface area (Å²) in [6, 6.07) is 5.15. The zero-order valence-electron chi connectivity index (χ0n) is 20.3. The quantitative estimate of drug-likeness (QED) is 0.652. The first-order valence-corrected chi connectivity index (χ1v) is 14.0. The highest BCUT2D eigenvalue weighted by molar-refractivity contribution is 7.89. The minimum Gasteiger partial charge on any atom is -0.373 e. The monoisotopic (exact) mass is 477 g/mol. The van der Waals surface area contributed by atoms with Crippen LogP contribution < -0.4 is 0 Å². The van der Waals surface area contributed by atoms with Crippen LogP contribution in [0.15, 0.2) is 23.1 Å².